The molecule has 1 saturated heterocycles. The lowest BCUT2D eigenvalue weighted by Gasteiger charge is -2.37. The second kappa shape index (κ2) is 7.49. The first-order valence-electron chi connectivity index (χ1n) is 8.23. The summed E-state index contributed by atoms with van der Waals surface area (Å²) in [6, 6.07) is 1.65. The summed E-state index contributed by atoms with van der Waals surface area (Å²) in [4.78, 5) is 2.71. The molecule has 2 nitrogen and oxygen atoms in total. The zero-order chi connectivity index (χ0) is 12.8. The van der Waals surface area contributed by atoms with Crippen molar-refractivity contribution >= 4 is 0 Å². The van der Waals surface area contributed by atoms with E-state index < -0.39 is 0 Å². The lowest BCUT2D eigenvalue weighted by Crippen LogP contribution is -2.42. The molecule has 18 heavy (non-hydrogen) atoms. The summed E-state index contributed by atoms with van der Waals surface area (Å²) >= 11 is 0. The zero-order valence-corrected chi connectivity index (χ0v) is 12.5. The highest BCUT2D eigenvalue weighted by molar-refractivity contribution is 4.77. The Morgan fingerprint density at radius 1 is 1.00 bits per heavy atom. The molecule has 106 valence electrons. The quantitative estimate of drug-likeness (QED) is 0.754. The predicted octanol–water partition coefficient (Wildman–Crippen LogP) is 3.42. The summed E-state index contributed by atoms with van der Waals surface area (Å²) < 4.78 is 0. The Morgan fingerprint density at radius 3 is 2.56 bits per heavy atom. The van der Waals surface area contributed by atoms with Crippen LogP contribution in [0, 0.1) is 5.92 Å². The van der Waals surface area contributed by atoms with Gasteiger partial charge in [-0.05, 0) is 58.0 Å². The number of rotatable bonds is 5. The van der Waals surface area contributed by atoms with E-state index >= 15 is 0 Å². The van der Waals surface area contributed by atoms with E-state index in [-0.39, 0.29) is 0 Å². The molecule has 0 bridgehead atoms. The van der Waals surface area contributed by atoms with Gasteiger partial charge >= 0.3 is 0 Å². The Morgan fingerprint density at radius 2 is 1.78 bits per heavy atom. The Hall–Kier alpha value is -0.0800. The third-order valence-electron chi connectivity index (χ3n) is 4.91. The normalized spacial score (nSPS) is 31.7. The lowest BCUT2D eigenvalue weighted by atomic mass is 9.94. The summed E-state index contributed by atoms with van der Waals surface area (Å²) in [6.45, 7) is 8.65. The Labute approximate surface area is 114 Å². The zero-order valence-electron chi connectivity index (χ0n) is 12.5. The van der Waals surface area contributed by atoms with E-state index in [1.54, 1.807) is 0 Å². The van der Waals surface area contributed by atoms with E-state index in [1.165, 1.54) is 71.0 Å². The maximum Gasteiger partial charge on any atom is 0.00671 e. The van der Waals surface area contributed by atoms with Crippen molar-refractivity contribution < 1.29 is 0 Å². The van der Waals surface area contributed by atoms with Crippen molar-refractivity contribution in [2.45, 2.75) is 77.3 Å². The van der Waals surface area contributed by atoms with Crippen LogP contribution in [0.25, 0.3) is 0 Å². The molecular weight excluding hydrogens is 220 g/mol. The van der Waals surface area contributed by atoms with Gasteiger partial charge in [-0.15, -0.1) is 0 Å². The van der Waals surface area contributed by atoms with Gasteiger partial charge in [0.25, 0.3) is 0 Å². The highest BCUT2D eigenvalue weighted by Gasteiger charge is 2.22. The van der Waals surface area contributed by atoms with Gasteiger partial charge in [0.1, 0.15) is 0 Å². The fraction of sp³-hybridized carbons (Fsp3) is 1.00. The van der Waals surface area contributed by atoms with Crippen LogP contribution < -0.4 is 5.32 Å². The van der Waals surface area contributed by atoms with Crippen LogP contribution in [0.4, 0.5) is 0 Å². The summed E-state index contributed by atoms with van der Waals surface area (Å²) in [6.07, 6.45) is 11.3. The largest absolute Gasteiger partial charge is 0.314 e. The lowest BCUT2D eigenvalue weighted by molar-refractivity contribution is 0.123. The first-order chi connectivity index (χ1) is 8.75. The molecule has 2 aliphatic rings. The van der Waals surface area contributed by atoms with Gasteiger partial charge in [0, 0.05) is 18.6 Å². The highest BCUT2D eigenvalue weighted by atomic mass is 15.2. The van der Waals surface area contributed by atoms with E-state index in [0.717, 1.165) is 18.0 Å². The molecule has 1 heterocycles. The fourth-order valence-electron chi connectivity index (χ4n) is 3.59. The van der Waals surface area contributed by atoms with E-state index in [4.69, 9.17) is 0 Å². The van der Waals surface area contributed by atoms with Crippen LogP contribution in [-0.2, 0) is 0 Å². The molecule has 2 atom stereocenters. The summed E-state index contributed by atoms with van der Waals surface area (Å²) in [5.74, 6) is 0.910. The van der Waals surface area contributed by atoms with Crippen molar-refractivity contribution in [3.8, 4) is 0 Å². The van der Waals surface area contributed by atoms with Crippen LogP contribution in [0.1, 0.15) is 65.2 Å². The highest BCUT2D eigenvalue weighted by Crippen LogP contribution is 2.21. The van der Waals surface area contributed by atoms with Crippen LogP contribution in [0.5, 0.6) is 0 Å². The Balaban J connectivity index is 1.56. The Bertz CT molecular complexity index is 223. The van der Waals surface area contributed by atoms with Crippen molar-refractivity contribution in [2.75, 3.05) is 19.6 Å². The number of hydrogen-bond donors (Lipinski definition) is 1. The van der Waals surface area contributed by atoms with Crippen molar-refractivity contribution in [1.29, 1.82) is 0 Å². The average molecular weight is 252 g/mol. The third kappa shape index (κ3) is 4.55. The SMILES string of the molecule is CC1CCC(C)N(CCCNC2CCCCC2)C1. The van der Waals surface area contributed by atoms with Crippen molar-refractivity contribution in [3.05, 3.63) is 0 Å². The van der Waals surface area contributed by atoms with Crippen molar-refractivity contribution in [3.63, 3.8) is 0 Å². The van der Waals surface area contributed by atoms with Crippen LogP contribution >= 0.6 is 0 Å². The van der Waals surface area contributed by atoms with E-state index in [2.05, 4.69) is 24.1 Å². The minimum atomic E-state index is 0.816. The predicted molar refractivity (Wildman–Crippen MR) is 78.9 cm³/mol. The topological polar surface area (TPSA) is 15.3 Å². The average Bonchev–Trinajstić information content (AvgIpc) is 2.40. The van der Waals surface area contributed by atoms with Crippen LogP contribution in [0.2, 0.25) is 0 Å². The van der Waals surface area contributed by atoms with Gasteiger partial charge < -0.3 is 10.2 Å². The maximum absolute atomic E-state index is 3.76. The van der Waals surface area contributed by atoms with Gasteiger partial charge in [-0.1, -0.05) is 26.2 Å². The van der Waals surface area contributed by atoms with E-state index in [0.29, 0.717) is 0 Å². The molecular formula is C16H32N2. The number of nitrogens with zero attached hydrogens (tertiary/aromatic N) is 1. The number of hydrogen-bond acceptors (Lipinski definition) is 2. The summed E-state index contributed by atoms with van der Waals surface area (Å²) in [7, 11) is 0. The number of nitrogens with one attached hydrogen (secondary N) is 1. The molecule has 0 aromatic carbocycles. The monoisotopic (exact) mass is 252 g/mol. The molecule has 2 rings (SSSR count). The molecule has 0 aromatic heterocycles. The Kier molecular flexibility index (Phi) is 5.97. The third-order valence-corrected chi connectivity index (χ3v) is 4.91. The molecule has 1 aliphatic carbocycles. The standard InChI is InChI=1S/C16H32N2/c1-14-9-10-15(2)18(13-14)12-6-11-17-16-7-4-3-5-8-16/h14-17H,3-13H2,1-2H3. The minimum absolute atomic E-state index is 0.816. The summed E-state index contributed by atoms with van der Waals surface area (Å²) in [5, 5.41) is 3.76. The van der Waals surface area contributed by atoms with E-state index in [9.17, 15) is 0 Å². The molecule has 2 heteroatoms. The molecule has 0 aromatic rings. The van der Waals surface area contributed by atoms with Gasteiger partial charge in [0.05, 0.1) is 0 Å². The molecule has 0 spiro atoms. The van der Waals surface area contributed by atoms with E-state index in [1.807, 2.05) is 0 Å². The molecule has 2 fully saturated rings. The number of likely N-dealkylation sites (tertiary alicyclic amines) is 1. The smallest absolute Gasteiger partial charge is 0.00671 e. The molecule has 1 saturated carbocycles. The maximum atomic E-state index is 3.76. The molecule has 1 N–H and O–H groups in total. The van der Waals surface area contributed by atoms with Gasteiger partial charge in [-0.25, -0.2) is 0 Å². The van der Waals surface area contributed by atoms with Crippen LogP contribution in [0.15, 0.2) is 0 Å². The molecule has 1 aliphatic heterocycles. The van der Waals surface area contributed by atoms with Gasteiger partial charge in [0.15, 0.2) is 0 Å². The second-order valence-electron chi connectivity index (χ2n) is 6.67. The minimum Gasteiger partial charge on any atom is -0.314 e. The molecule has 0 radical (unpaired) electrons. The first kappa shape index (κ1) is 14.3. The van der Waals surface area contributed by atoms with Gasteiger partial charge in [-0.3, -0.25) is 0 Å². The number of piperidine rings is 1. The fourth-order valence-corrected chi connectivity index (χ4v) is 3.59. The molecule has 0 amide bonds. The second-order valence-corrected chi connectivity index (χ2v) is 6.67. The van der Waals surface area contributed by atoms with Gasteiger partial charge in [0.2, 0.25) is 0 Å². The van der Waals surface area contributed by atoms with Crippen molar-refractivity contribution in [1.82, 2.24) is 10.2 Å². The van der Waals surface area contributed by atoms with Crippen molar-refractivity contribution in [2.24, 2.45) is 5.92 Å². The van der Waals surface area contributed by atoms with Crippen LogP contribution in [-0.4, -0.2) is 36.6 Å². The van der Waals surface area contributed by atoms with Crippen LogP contribution in [0.3, 0.4) is 0 Å². The van der Waals surface area contributed by atoms with Gasteiger partial charge in [-0.2, -0.15) is 0 Å². The summed E-state index contributed by atoms with van der Waals surface area (Å²) in [5.41, 5.74) is 0. The first-order valence-corrected chi connectivity index (χ1v) is 8.23. The molecule has 2 unspecified atom stereocenters.